The third-order valence-corrected chi connectivity index (χ3v) is 6.30. The van der Waals surface area contributed by atoms with Gasteiger partial charge in [-0.3, -0.25) is 4.79 Å². The molecular formula is C21H26N2O. The van der Waals surface area contributed by atoms with E-state index < -0.39 is 0 Å². The second-order valence-corrected chi connectivity index (χ2v) is 8.11. The van der Waals surface area contributed by atoms with Crippen LogP contribution >= 0.6 is 0 Å². The molecule has 0 spiro atoms. The lowest BCUT2D eigenvalue weighted by Crippen LogP contribution is -2.36. The van der Waals surface area contributed by atoms with E-state index in [1.54, 1.807) is 0 Å². The van der Waals surface area contributed by atoms with Crippen molar-refractivity contribution in [1.82, 2.24) is 0 Å². The van der Waals surface area contributed by atoms with Gasteiger partial charge in [-0.15, -0.1) is 0 Å². The van der Waals surface area contributed by atoms with Crippen molar-refractivity contribution in [1.29, 1.82) is 0 Å². The average molecular weight is 322 g/mol. The lowest BCUT2D eigenvalue weighted by molar-refractivity contribution is -0.121. The Kier molecular flexibility index (Phi) is 3.90. The van der Waals surface area contributed by atoms with Gasteiger partial charge in [0.15, 0.2) is 0 Å². The first-order chi connectivity index (χ1) is 11.5. The molecule has 4 rings (SSSR count). The van der Waals surface area contributed by atoms with Gasteiger partial charge in [-0.25, -0.2) is 0 Å². The summed E-state index contributed by atoms with van der Waals surface area (Å²) in [5.74, 6) is 3.16. The molecule has 0 aromatic heterocycles. The van der Waals surface area contributed by atoms with Crippen LogP contribution in [0.3, 0.4) is 0 Å². The number of hydrogen-bond donors (Lipinski definition) is 0. The molecule has 4 atom stereocenters. The lowest BCUT2D eigenvalue weighted by atomic mass is 9.72. The minimum Gasteiger partial charge on any atom is -0.299 e. The van der Waals surface area contributed by atoms with Gasteiger partial charge < -0.3 is 0 Å². The van der Waals surface area contributed by atoms with Crippen molar-refractivity contribution in [3.63, 3.8) is 0 Å². The van der Waals surface area contributed by atoms with Crippen molar-refractivity contribution in [2.75, 3.05) is 0 Å². The van der Waals surface area contributed by atoms with Crippen molar-refractivity contribution in [2.24, 2.45) is 39.8 Å². The molecule has 0 radical (unpaired) electrons. The molecule has 2 saturated carbocycles. The highest BCUT2D eigenvalue weighted by atomic mass is 16.1. The monoisotopic (exact) mass is 322 g/mol. The van der Waals surface area contributed by atoms with Crippen molar-refractivity contribution in [3.05, 3.63) is 35.4 Å². The van der Waals surface area contributed by atoms with E-state index in [4.69, 9.17) is 0 Å². The van der Waals surface area contributed by atoms with E-state index in [2.05, 4.69) is 41.4 Å². The van der Waals surface area contributed by atoms with E-state index >= 15 is 0 Å². The standard InChI is InChI=1S/C21H26N2O/c1-12(2)18(24)10-14-4-6-15(7-5-14)21-20-17-9-8-16(11-17)19(20)13(3)22-23-21/h4-7,12,16-17,19-20H,8-11H2,1-3H3. The lowest BCUT2D eigenvalue weighted by Gasteiger charge is -2.34. The van der Waals surface area contributed by atoms with Gasteiger partial charge in [0.25, 0.3) is 0 Å². The highest BCUT2D eigenvalue weighted by Crippen LogP contribution is 2.54. The topological polar surface area (TPSA) is 41.8 Å². The van der Waals surface area contributed by atoms with Crippen LogP contribution in [-0.4, -0.2) is 17.2 Å². The average Bonchev–Trinajstić information content (AvgIpc) is 3.18. The first-order valence-corrected chi connectivity index (χ1v) is 9.28. The molecule has 0 amide bonds. The largest absolute Gasteiger partial charge is 0.299 e. The molecule has 2 bridgehead atoms. The number of nitrogens with zero attached hydrogens (tertiary/aromatic N) is 2. The fraction of sp³-hybridized carbons (Fsp3) is 0.571. The Morgan fingerprint density at radius 3 is 2.42 bits per heavy atom. The molecule has 1 aromatic carbocycles. The van der Waals surface area contributed by atoms with Crippen LogP contribution in [0.1, 0.15) is 51.2 Å². The maximum absolute atomic E-state index is 11.9. The number of carbonyl (C=O) groups excluding carboxylic acids is 1. The SMILES string of the molecule is CC1=NN=C(c2ccc(CC(=O)C(C)C)cc2)C2C3CCC(C3)C12. The first kappa shape index (κ1) is 15.7. The second kappa shape index (κ2) is 5.94. The number of Topliss-reactive ketones (excluding diaryl/α,β-unsaturated/α-hetero) is 1. The van der Waals surface area contributed by atoms with Crippen LogP contribution in [0.15, 0.2) is 34.5 Å². The van der Waals surface area contributed by atoms with Crippen molar-refractivity contribution in [2.45, 2.75) is 46.5 Å². The molecule has 24 heavy (non-hydrogen) atoms. The van der Waals surface area contributed by atoms with Crippen molar-refractivity contribution < 1.29 is 4.79 Å². The minimum absolute atomic E-state index is 0.0968. The summed E-state index contributed by atoms with van der Waals surface area (Å²) in [6, 6.07) is 8.46. The smallest absolute Gasteiger partial charge is 0.139 e. The Balaban J connectivity index is 1.58. The molecule has 3 aliphatic rings. The molecular weight excluding hydrogens is 296 g/mol. The molecule has 0 saturated heterocycles. The normalized spacial score (nSPS) is 31.0. The van der Waals surface area contributed by atoms with Crippen LogP contribution in [0.5, 0.6) is 0 Å². The quantitative estimate of drug-likeness (QED) is 0.815. The zero-order chi connectivity index (χ0) is 16.8. The Morgan fingerprint density at radius 1 is 1.08 bits per heavy atom. The summed E-state index contributed by atoms with van der Waals surface area (Å²) in [7, 11) is 0. The molecule has 1 aliphatic heterocycles. The molecule has 2 aliphatic carbocycles. The fourth-order valence-electron chi connectivity index (χ4n) is 5.00. The third kappa shape index (κ3) is 2.54. The van der Waals surface area contributed by atoms with E-state index in [0.29, 0.717) is 24.0 Å². The van der Waals surface area contributed by atoms with Crippen molar-refractivity contribution in [3.8, 4) is 0 Å². The molecule has 0 N–H and O–H groups in total. The summed E-state index contributed by atoms with van der Waals surface area (Å²) in [6.45, 7) is 6.07. The summed E-state index contributed by atoms with van der Waals surface area (Å²) in [4.78, 5) is 11.9. The predicted octanol–water partition coefficient (Wildman–Crippen LogP) is 4.30. The number of ketones is 1. The van der Waals surface area contributed by atoms with E-state index in [1.807, 2.05) is 13.8 Å². The zero-order valence-corrected chi connectivity index (χ0v) is 14.8. The summed E-state index contributed by atoms with van der Waals surface area (Å²) in [6.07, 6.45) is 4.59. The van der Waals surface area contributed by atoms with Crippen LogP contribution in [0.4, 0.5) is 0 Å². The number of hydrogen-bond acceptors (Lipinski definition) is 3. The van der Waals surface area contributed by atoms with Crippen LogP contribution in [0, 0.1) is 29.6 Å². The second-order valence-electron chi connectivity index (χ2n) is 8.11. The molecule has 3 nitrogen and oxygen atoms in total. The molecule has 1 heterocycles. The number of rotatable bonds is 4. The third-order valence-electron chi connectivity index (χ3n) is 6.30. The van der Waals surface area contributed by atoms with E-state index in [-0.39, 0.29) is 5.92 Å². The van der Waals surface area contributed by atoms with Gasteiger partial charge in [0.05, 0.1) is 5.71 Å². The van der Waals surface area contributed by atoms with E-state index in [0.717, 1.165) is 17.4 Å². The van der Waals surface area contributed by atoms with Crippen LogP contribution in [0.2, 0.25) is 0 Å². The highest BCUT2D eigenvalue weighted by Gasteiger charge is 2.51. The van der Waals surface area contributed by atoms with Crippen LogP contribution in [0.25, 0.3) is 0 Å². The van der Waals surface area contributed by atoms with Gasteiger partial charge in [-0.2, -0.15) is 10.2 Å². The zero-order valence-electron chi connectivity index (χ0n) is 14.8. The maximum Gasteiger partial charge on any atom is 0.139 e. The first-order valence-electron chi connectivity index (χ1n) is 9.28. The Labute approximate surface area is 144 Å². The molecule has 126 valence electrons. The number of carbonyl (C=O) groups is 1. The minimum atomic E-state index is 0.0968. The van der Waals surface area contributed by atoms with Gasteiger partial charge >= 0.3 is 0 Å². The molecule has 3 heteroatoms. The molecule has 2 fully saturated rings. The van der Waals surface area contributed by atoms with Gasteiger partial charge in [-0.1, -0.05) is 38.1 Å². The van der Waals surface area contributed by atoms with Crippen LogP contribution < -0.4 is 0 Å². The van der Waals surface area contributed by atoms with Gasteiger partial charge in [0.2, 0.25) is 0 Å². The summed E-state index contributed by atoms with van der Waals surface area (Å²) >= 11 is 0. The van der Waals surface area contributed by atoms with Gasteiger partial charge in [-0.05, 0) is 49.1 Å². The molecule has 4 unspecified atom stereocenters. The highest BCUT2D eigenvalue weighted by molar-refractivity contribution is 6.07. The van der Waals surface area contributed by atoms with E-state index in [9.17, 15) is 4.79 Å². The summed E-state index contributed by atoms with van der Waals surface area (Å²) < 4.78 is 0. The fourth-order valence-corrected chi connectivity index (χ4v) is 5.00. The Hall–Kier alpha value is -1.77. The Bertz CT molecular complexity index is 714. The summed E-state index contributed by atoms with van der Waals surface area (Å²) in [5, 5.41) is 9.09. The van der Waals surface area contributed by atoms with Gasteiger partial charge in [0, 0.05) is 29.9 Å². The molecule has 1 aromatic rings. The predicted molar refractivity (Wildman–Crippen MR) is 97.4 cm³/mol. The summed E-state index contributed by atoms with van der Waals surface area (Å²) in [5.41, 5.74) is 4.70. The van der Waals surface area contributed by atoms with Crippen LogP contribution in [-0.2, 0) is 11.2 Å². The van der Waals surface area contributed by atoms with Gasteiger partial charge in [0.1, 0.15) is 5.78 Å². The maximum atomic E-state index is 11.9. The van der Waals surface area contributed by atoms with Crippen molar-refractivity contribution >= 4 is 17.2 Å². The number of benzene rings is 1. The van der Waals surface area contributed by atoms with E-state index in [1.165, 1.54) is 36.2 Å². The number of fused-ring (bicyclic) bond motifs is 5. The Morgan fingerprint density at radius 2 is 1.75 bits per heavy atom.